The highest BCUT2D eigenvalue weighted by molar-refractivity contribution is 5.98. The van der Waals surface area contributed by atoms with Crippen molar-refractivity contribution in [2.75, 3.05) is 0 Å². The quantitative estimate of drug-likeness (QED) is 0.636. The smallest absolute Gasteiger partial charge is 0.146 e. The predicted molar refractivity (Wildman–Crippen MR) is 56.0 cm³/mol. The summed E-state index contributed by atoms with van der Waals surface area (Å²) in [5.74, 6) is 0. The van der Waals surface area contributed by atoms with Crippen LogP contribution in [0.5, 0.6) is 0 Å². The van der Waals surface area contributed by atoms with Gasteiger partial charge in [0.25, 0.3) is 0 Å². The second-order valence-corrected chi connectivity index (χ2v) is 3.18. The van der Waals surface area contributed by atoms with Crippen molar-refractivity contribution in [2.24, 2.45) is 0 Å². The molecule has 0 N–H and O–H groups in total. The summed E-state index contributed by atoms with van der Waals surface area (Å²) in [5.41, 5.74) is 1.23. The molecule has 0 radical (unpaired) electrons. The molecule has 0 saturated heterocycles. The number of hydrogen-bond donors (Lipinski definition) is 0. The van der Waals surface area contributed by atoms with Gasteiger partial charge in [0.15, 0.2) is 0 Å². The molecule has 2 heteroatoms. The second-order valence-electron chi connectivity index (χ2n) is 2.71. The Balaban J connectivity index is 2.58. The summed E-state index contributed by atoms with van der Waals surface area (Å²) in [6, 6.07) is 10.2. The van der Waals surface area contributed by atoms with Gasteiger partial charge in [0.2, 0.25) is 0 Å². The van der Waals surface area contributed by atoms with E-state index in [4.69, 9.17) is 4.43 Å². The van der Waals surface area contributed by atoms with Crippen LogP contribution in [0.2, 0.25) is 0 Å². The Kier molecular flexibility index (Phi) is 3.77. The maximum absolute atomic E-state index is 5.22. The van der Waals surface area contributed by atoms with Crippen LogP contribution in [0, 0.1) is 0 Å². The van der Waals surface area contributed by atoms with Crippen molar-refractivity contribution in [2.45, 2.75) is 13.0 Å². The first kappa shape index (κ1) is 9.23. The Hall–Kier alpha value is -0.863. The molecule has 0 fully saturated rings. The number of benzene rings is 1. The Labute approximate surface area is 76.6 Å². The van der Waals surface area contributed by atoms with Crippen LogP contribution in [0.15, 0.2) is 36.4 Å². The first-order chi connectivity index (χ1) is 5.83. The van der Waals surface area contributed by atoms with Gasteiger partial charge in [0, 0.05) is 0 Å². The Morgan fingerprint density at radius 1 is 1.33 bits per heavy atom. The molecule has 0 aromatic heterocycles. The van der Waals surface area contributed by atoms with Gasteiger partial charge in [-0.1, -0.05) is 42.5 Å². The van der Waals surface area contributed by atoms with E-state index in [9.17, 15) is 0 Å². The van der Waals surface area contributed by atoms with E-state index in [-0.39, 0.29) is 6.10 Å². The van der Waals surface area contributed by atoms with Crippen LogP contribution in [-0.4, -0.2) is 16.6 Å². The maximum Gasteiger partial charge on any atom is 0.146 e. The molecule has 1 atom stereocenters. The normalized spacial score (nSPS) is 13.8. The van der Waals surface area contributed by atoms with E-state index in [1.807, 2.05) is 25.1 Å². The zero-order valence-electron chi connectivity index (χ0n) is 7.53. The molecule has 1 aromatic carbocycles. The molecule has 0 amide bonds. The summed E-state index contributed by atoms with van der Waals surface area (Å²) in [5, 5.41) is 0. The molecule has 12 heavy (non-hydrogen) atoms. The SMILES string of the molecule is CC(C=Cc1ccccc1)O[SiH3]. The van der Waals surface area contributed by atoms with Crippen molar-refractivity contribution in [1.29, 1.82) is 0 Å². The Morgan fingerprint density at radius 2 is 2.00 bits per heavy atom. The highest BCUT2D eigenvalue weighted by Gasteiger charge is 1.89. The zero-order valence-corrected chi connectivity index (χ0v) is 9.53. The minimum absolute atomic E-state index is 0.247. The summed E-state index contributed by atoms with van der Waals surface area (Å²) in [4.78, 5) is 0. The van der Waals surface area contributed by atoms with Gasteiger partial charge in [-0.25, -0.2) is 0 Å². The molecule has 0 aliphatic heterocycles. The third-order valence-electron chi connectivity index (χ3n) is 1.73. The third kappa shape index (κ3) is 3.03. The van der Waals surface area contributed by atoms with Crippen LogP contribution < -0.4 is 0 Å². The van der Waals surface area contributed by atoms with Crippen molar-refractivity contribution < 1.29 is 4.43 Å². The molecule has 1 rings (SSSR count). The predicted octanol–water partition coefficient (Wildman–Crippen LogP) is 1.39. The topological polar surface area (TPSA) is 9.23 Å². The lowest BCUT2D eigenvalue weighted by atomic mass is 10.2. The van der Waals surface area contributed by atoms with Crippen LogP contribution in [0.25, 0.3) is 6.08 Å². The molecule has 64 valence electrons. The van der Waals surface area contributed by atoms with Gasteiger partial charge in [-0.2, -0.15) is 0 Å². The zero-order chi connectivity index (χ0) is 8.81. The number of rotatable bonds is 3. The molecule has 0 spiro atoms. The highest BCUT2D eigenvalue weighted by Crippen LogP contribution is 2.02. The first-order valence-corrected chi connectivity index (χ1v) is 4.90. The van der Waals surface area contributed by atoms with Crippen LogP contribution in [0.4, 0.5) is 0 Å². The molecule has 0 aliphatic rings. The monoisotopic (exact) mass is 178 g/mol. The van der Waals surface area contributed by atoms with Gasteiger partial charge in [-0.15, -0.1) is 0 Å². The van der Waals surface area contributed by atoms with Crippen molar-refractivity contribution >= 4 is 16.6 Å². The van der Waals surface area contributed by atoms with E-state index in [1.165, 1.54) is 5.56 Å². The van der Waals surface area contributed by atoms with Crippen molar-refractivity contribution in [3.8, 4) is 0 Å². The van der Waals surface area contributed by atoms with E-state index in [0.717, 1.165) is 10.5 Å². The summed E-state index contributed by atoms with van der Waals surface area (Å²) in [6.45, 7) is 2.05. The van der Waals surface area contributed by atoms with Crippen LogP contribution in [0.1, 0.15) is 12.5 Å². The fourth-order valence-electron chi connectivity index (χ4n) is 0.889. The molecule has 0 heterocycles. The molecule has 1 aromatic rings. The largest absolute Gasteiger partial charge is 0.422 e. The Morgan fingerprint density at radius 3 is 2.58 bits per heavy atom. The number of hydrogen-bond acceptors (Lipinski definition) is 1. The van der Waals surface area contributed by atoms with Gasteiger partial charge in [-0.05, 0) is 12.5 Å². The maximum atomic E-state index is 5.22. The van der Waals surface area contributed by atoms with Crippen LogP contribution >= 0.6 is 0 Å². The van der Waals surface area contributed by atoms with E-state index < -0.39 is 0 Å². The van der Waals surface area contributed by atoms with Gasteiger partial charge >= 0.3 is 0 Å². The Bertz CT molecular complexity index is 243. The van der Waals surface area contributed by atoms with Crippen LogP contribution in [-0.2, 0) is 4.43 Å². The average Bonchev–Trinajstić information content (AvgIpc) is 2.16. The van der Waals surface area contributed by atoms with Crippen molar-refractivity contribution in [1.82, 2.24) is 0 Å². The molecule has 0 aliphatic carbocycles. The van der Waals surface area contributed by atoms with Crippen molar-refractivity contribution in [3.05, 3.63) is 42.0 Å². The summed E-state index contributed by atoms with van der Waals surface area (Å²) >= 11 is 0. The van der Waals surface area contributed by atoms with E-state index >= 15 is 0 Å². The lowest BCUT2D eigenvalue weighted by molar-refractivity contribution is 0.298. The average molecular weight is 178 g/mol. The van der Waals surface area contributed by atoms with Gasteiger partial charge < -0.3 is 4.43 Å². The fourth-order valence-corrected chi connectivity index (χ4v) is 1.05. The van der Waals surface area contributed by atoms with Crippen molar-refractivity contribution in [3.63, 3.8) is 0 Å². The third-order valence-corrected chi connectivity index (χ3v) is 2.47. The van der Waals surface area contributed by atoms with Gasteiger partial charge in [-0.3, -0.25) is 0 Å². The van der Waals surface area contributed by atoms with E-state index in [0.29, 0.717) is 0 Å². The summed E-state index contributed by atoms with van der Waals surface area (Å²) in [7, 11) is 0.798. The molecular formula is C10H14OSi. The lowest BCUT2D eigenvalue weighted by Crippen LogP contribution is -1.99. The standard InChI is InChI=1S/C10H14OSi/c1-9(11-12)7-8-10-5-3-2-4-6-10/h2-9H,1,12H3. The lowest BCUT2D eigenvalue weighted by Gasteiger charge is -2.01. The molecule has 1 nitrogen and oxygen atoms in total. The van der Waals surface area contributed by atoms with E-state index in [1.54, 1.807) is 0 Å². The van der Waals surface area contributed by atoms with Gasteiger partial charge in [0.1, 0.15) is 10.5 Å². The minimum Gasteiger partial charge on any atom is -0.422 e. The van der Waals surface area contributed by atoms with E-state index in [2.05, 4.69) is 24.3 Å². The fraction of sp³-hybridized carbons (Fsp3) is 0.200. The minimum atomic E-state index is 0.247. The first-order valence-electron chi connectivity index (χ1n) is 4.09. The van der Waals surface area contributed by atoms with Crippen LogP contribution in [0.3, 0.4) is 0 Å². The summed E-state index contributed by atoms with van der Waals surface area (Å²) in [6.07, 6.45) is 4.40. The molecular weight excluding hydrogens is 164 g/mol. The van der Waals surface area contributed by atoms with Gasteiger partial charge in [0.05, 0.1) is 6.10 Å². The highest BCUT2D eigenvalue weighted by atomic mass is 28.2. The molecule has 0 bridgehead atoms. The molecule has 0 saturated carbocycles. The molecule has 1 unspecified atom stereocenters. The second kappa shape index (κ2) is 4.90. The summed E-state index contributed by atoms with van der Waals surface area (Å²) < 4.78 is 5.22.